The minimum Gasteiger partial charge on any atom is -0.383 e. The van der Waals surface area contributed by atoms with Gasteiger partial charge in [0.1, 0.15) is 5.82 Å². The number of halogens is 3. The Balaban J connectivity index is 2.01. The molecular weight excluding hydrogens is 321 g/mol. The summed E-state index contributed by atoms with van der Waals surface area (Å²) in [4.78, 5) is 15.2. The van der Waals surface area contributed by atoms with Gasteiger partial charge in [-0.1, -0.05) is 30.3 Å². The van der Waals surface area contributed by atoms with Gasteiger partial charge < -0.3 is 10.1 Å². The predicted molar refractivity (Wildman–Crippen MR) is 81.8 cm³/mol. The summed E-state index contributed by atoms with van der Waals surface area (Å²) >= 11 is 0. The molecule has 24 heavy (non-hydrogen) atoms. The van der Waals surface area contributed by atoms with Crippen molar-refractivity contribution in [2.75, 3.05) is 13.7 Å². The van der Waals surface area contributed by atoms with E-state index in [1.807, 2.05) is 30.3 Å². The lowest BCUT2D eigenvalue weighted by Gasteiger charge is -2.18. The molecule has 0 aliphatic carbocycles. The first kappa shape index (κ1) is 17.9. The summed E-state index contributed by atoms with van der Waals surface area (Å²) in [5.41, 5.74) is 0.555. The highest BCUT2D eigenvalue weighted by molar-refractivity contribution is 5.78. The van der Waals surface area contributed by atoms with Gasteiger partial charge in [0.25, 0.3) is 0 Å². The zero-order valence-electron chi connectivity index (χ0n) is 13.1. The number of carbonyl (C=O) groups excluding carboxylic acids is 1. The SMILES string of the molecule is COCC(Cc1ccccc1)NC(=O)Cc1nc(F)c(F)cc1F. The lowest BCUT2D eigenvalue weighted by Crippen LogP contribution is -2.40. The van der Waals surface area contributed by atoms with Crippen LogP contribution in [0.3, 0.4) is 0 Å². The molecule has 1 amide bonds. The third-order valence-electron chi connectivity index (χ3n) is 3.35. The fraction of sp³-hybridized carbons (Fsp3) is 0.294. The Labute approximate surface area is 137 Å². The Kier molecular flexibility index (Phi) is 6.31. The minimum absolute atomic E-state index is 0.258. The van der Waals surface area contributed by atoms with Crippen LogP contribution >= 0.6 is 0 Å². The quantitative estimate of drug-likeness (QED) is 0.789. The number of benzene rings is 1. The van der Waals surface area contributed by atoms with Gasteiger partial charge in [-0.2, -0.15) is 4.39 Å². The molecule has 1 aromatic heterocycles. The van der Waals surface area contributed by atoms with Crippen molar-refractivity contribution in [3.63, 3.8) is 0 Å². The summed E-state index contributed by atoms with van der Waals surface area (Å²) in [5, 5.41) is 2.69. The van der Waals surface area contributed by atoms with Crippen molar-refractivity contribution < 1.29 is 22.7 Å². The number of rotatable bonds is 7. The summed E-state index contributed by atoms with van der Waals surface area (Å²) in [6, 6.07) is 9.49. The van der Waals surface area contributed by atoms with Crippen LogP contribution in [0.5, 0.6) is 0 Å². The molecule has 7 heteroatoms. The molecule has 2 aromatic rings. The average Bonchev–Trinajstić information content (AvgIpc) is 2.53. The number of aromatic nitrogens is 1. The summed E-state index contributed by atoms with van der Waals surface area (Å²) in [5.74, 6) is -4.43. The van der Waals surface area contributed by atoms with E-state index in [-0.39, 0.29) is 12.6 Å². The van der Waals surface area contributed by atoms with Gasteiger partial charge in [-0.3, -0.25) is 4.79 Å². The van der Waals surface area contributed by atoms with Crippen molar-refractivity contribution in [1.29, 1.82) is 0 Å². The molecule has 0 aliphatic rings. The van der Waals surface area contributed by atoms with E-state index in [9.17, 15) is 18.0 Å². The molecule has 0 spiro atoms. The van der Waals surface area contributed by atoms with Gasteiger partial charge >= 0.3 is 0 Å². The smallest absolute Gasteiger partial charge is 0.249 e. The molecule has 1 atom stereocenters. The van der Waals surface area contributed by atoms with E-state index >= 15 is 0 Å². The molecule has 0 fully saturated rings. The molecule has 1 unspecified atom stereocenters. The van der Waals surface area contributed by atoms with E-state index in [0.29, 0.717) is 12.5 Å². The topological polar surface area (TPSA) is 51.2 Å². The molecule has 0 aliphatic heterocycles. The third-order valence-corrected chi connectivity index (χ3v) is 3.35. The largest absolute Gasteiger partial charge is 0.383 e. The molecular formula is C17H17F3N2O2. The zero-order chi connectivity index (χ0) is 17.5. The van der Waals surface area contributed by atoms with Gasteiger partial charge in [0.05, 0.1) is 24.8 Å². The Hall–Kier alpha value is -2.41. The number of nitrogens with zero attached hydrogens (tertiary/aromatic N) is 1. The lowest BCUT2D eigenvalue weighted by atomic mass is 10.1. The van der Waals surface area contributed by atoms with Gasteiger partial charge in [0.15, 0.2) is 5.82 Å². The van der Waals surface area contributed by atoms with Crippen molar-refractivity contribution in [2.24, 2.45) is 0 Å². The number of methoxy groups -OCH3 is 1. The summed E-state index contributed by atoms with van der Waals surface area (Å²) in [7, 11) is 1.50. The van der Waals surface area contributed by atoms with Crippen molar-refractivity contribution >= 4 is 5.91 Å². The van der Waals surface area contributed by atoms with Crippen LogP contribution in [-0.2, 0) is 22.4 Å². The van der Waals surface area contributed by atoms with Crippen LogP contribution in [0.1, 0.15) is 11.3 Å². The van der Waals surface area contributed by atoms with Gasteiger partial charge in [0, 0.05) is 13.2 Å². The molecule has 1 heterocycles. The second kappa shape index (κ2) is 8.44. The molecule has 0 bridgehead atoms. The summed E-state index contributed by atoms with van der Waals surface area (Å²) in [6.07, 6.45) is 0.0339. The van der Waals surface area contributed by atoms with Crippen LogP contribution in [0, 0.1) is 17.6 Å². The second-order valence-corrected chi connectivity index (χ2v) is 5.28. The second-order valence-electron chi connectivity index (χ2n) is 5.28. The lowest BCUT2D eigenvalue weighted by molar-refractivity contribution is -0.121. The van der Waals surface area contributed by atoms with Gasteiger partial charge in [0.2, 0.25) is 11.9 Å². The number of amides is 1. The monoisotopic (exact) mass is 338 g/mol. The van der Waals surface area contributed by atoms with E-state index in [0.717, 1.165) is 5.56 Å². The highest BCUT2D eigenvalue weighted by atomic mass is 19.2. The molecule has 128 valence electrons. The highest BCUT2D eigenvalue weighted by Gasteiger charge is 2.18. The van der Waals surface area contributed by atoms with Crippen LogP contribution in [0.25, 0.3) is 0 Å². The van der Waals surface area contributed by atoms with E-state index in [1.54, 1.807) is 0 Å². The Morgan fingerprint density at radius 1 is 1.21 bits per heavy atom. The molecule has 0 saturated carbocycles. The van der Waals surface area contributed by atoms with Crippen molar-refractivity contribution in [3.8, 4) is 0 Å². The van der Waals surface area contributed by atoms with Crippen LogP contribution in [0.15, 0.2) is 36.4 Å². The Bertz CT molecular complexity index is 696. The average molecular weight is 338 g/mol. The molecule has 1 aromatic carbocycles. The normalized spacial score (nSPS) is 12.0. The number of ether oxygens (including phenoxy) is 1. The van der Waals surface area contributed by atoms with Crippen molar-refractivity contribution in [2.45, 2.75) is 18.9 Å². The van der Waals surface area contributed by atoms with Gasteiger partial charge in [-0.25, -0.2) is 13.8 Å². The molecule has 0 saturated heterocycles. The van der Waals surface area contributed by atoms with Crippen LogP contribution < -0.4 is 5.32 Å². The minimum atomic E-state index is -1.43. The van der Waals surface area contributed by atoms with Gasteiger partial charge in [-0.15, -0.1) is 0 Å². The van der Waals surface area contributed by atoms with E-state index < -0.39 is 35.6 Å². The Morgan fingerprint density at radius 3 is 2.58 bits per heavy atom. The standard InChI is InChI=1S/C17H17F3N2O2/c1-24-10-12(7-11-5-3-2-4-6-11)21-16(23)9-15-13(18)8-14(19)17(20)22-15/h2-6,8,12H,7,9-10H2,1H3,(H,21,23). The Morgan fingerprint density at radius 2 is 1.92 bits per heavy atom. The summed E-state index contributed by atoms with van der Waals surface area (Å²) < 4.78 is 44.6. The number of carbonyl (C=O) groups is 1. The number of pyridine rings is 1. The molecule has 2 rings (SSSR count). The zero-order valence-corrected chi connectivity index (χ0v) is 13.1. The number of nitrogens with one attached hydrogen (secondary N) is 1. The first-order valence-corrected chi connectivity index (χ1v) is 7.32. The fourth-order valence-corrected chi connectivity index (χ4v) is 2.29. The molecule has 0 radical (unpaired) electrons. The maximum Gasteiger partial charge on any atom is 0.249 e. The van der Waals surface area contributed by atoms with Crippen LogP contribution in [0.2, 0.25) is 0 Å². The first-order valence-electron chi connectivity index (χ1n) is 7.32. The molecule has 4 nitrogen and oxygen atoms in total. The van der Waals surface area contributed by atoms with Crippen LogP contribution in [-0.4, -0.2) is 30.6 Å². The van der Waals surface area contributed by atoms with E-state index in [1.165, 1.54) is 7.11 Å². The molecule has 1 N–H and O–H groups in total. The van der Waals surface area contributed by atoms with E-state index in [4.69, 9.17) is 4.74 Å². The maximum atomic E-state index is 13.5. The fourth-order valence-electron chi connectivity index (χ4n) is 2.29. The third kappa shape index (κ3) is 5.06. The van der Waals surface area contributed by atoms with Gasteiger partial charge in [-0.05, 0) is 12.0 Å². The number of hydrogen-bond acceptors (Lipinski definition) is 3. The highest BCUT2D eigenvalue weighted by Crippen LogP contribution is 2.11. The summed E-state index contributed by atoms with van der Waals surface area (Å²) in [6.45, 7) is 0.258. The first-order chi connectivity index (χ1) is 11.5. The maximum absolute atomic E-state index is 13.5. The van der Waals surface area contributed by atoms with Crippen molar-refractivity contribution in [3.05, 3.63) is 65.2 Å². The van der Waals surface area contributed by atoms with Crippen LogP contribution in [0.4, 0.5) is 13.2 Å². The van der Waals surface area contributed by atoms with Crippen molar-refractivity contribution in [1.82, 2.24) is 10.3 Å². The van der Waals surface area contributed by atoms with E-state index in [2.05, 4.69) is 10.3 Å². The number of hydrogen-bond donors (Lipinski definition) is 1. The predicted octanol–water partition coefficient (Wildman–Crippen LogP) is 2.42.